The maximum Gasteiger partial charge on any atom is 0.328 e. The summed E-state index contributed by atoms with van der Waals surface area (Å²) >= 11 is 1.19. The third-order valence-electron chi connectivity index (χ3n) is 1.64. The van der Waals surface area contributed by atoms with Crippen LogP contribution in [-0.2, 0) is 20.4 Å². The number of hydrogen-bond donors (Lipinski definition) is 1. The second kappa shape index (κ2) is 4.75. The van der Waals surface area contributed by atoms with Gasteiger partial charge in [0.15, 0.2) is 9.84 Å². The fourth-order valence-corrected chi connectivity index (χ4v) is 3.21. The van der Waals surface area contributed by atoms with Gasteiger partial charge in [0, 0.05) is 12.3 Å². The summed E-state index contributed by atoms with van der Waals surface area (Å²) in [5, 5.41) is 8.94. The highest BCUT2D eigenvalue weighted by molar-refractivity contribution is 7.90. The summed E-state index contributed by atoms with van der Waals surface area (Å²) in [7, 11) is -3.10. The zero-order chi connectivity index (χ0) is 12.3. The van der Waals surface area contributed by atoms with Crippen molar-refractivity contribution in [2.24, 2.45) is 0 Å². The van der Waals surface area contributed by atoms with Gasteiger partial charge in [-0.3, -0.25) is 0 Å². The number of aromatic nitrogens is 1. The molecule has 1 N–H and O–H groups in total. The van der Waals surface area contributed by atoms with Crippen molar-refractivity contribution >= 4 is 33.2 Å². The van der Waals surface area contributed by atoms with Crippen LogP contribution >= 0.6 is 11.3 Å². The Bertz CT molecular complexity index is 528. The number of rotatable bonds is 4. The molecule has 0 radical (unpaired) electrons. The van der Waals surface area contributed by atoms with E-state index in [0.29, 0.717) is 15.6 Å². The van der Waals surface area contributed by atoms with Crippen molar-refractivity contribution in [3.63, 3.8) is 0 Å². The first-order valence-electron chi connectivity index (χ1n) is 4.33. The Morgan fingerprint density at radius 2 is 2.19 bits per heavy atom. The Morgan fingerprint density at radius 1 is 1.56 bits per heavy atom. The first-order valence-corrected chi connectivity index (χ1v) is 7.20. The van der Waals surface area contributed by atoms with Gasteiger partial charge in [0.05, 0.1) is 10.6 Å². The second-order valence-electron chi connectivity index (χ2n) is 3.30. The van der Waals surface area contributed by atoms with Gasteiger partial charge in [-0.2, -0.15) is 0 Å². The minimum absolute atomic E-state index is 0.112. The van der Waals surface area contributed by atoms with Crippen LogP contribution < -0.4 is 0 Å². The van der Waals surface area contributed by atoms with Gasteiger partial charge in [0.25, 0.3) is 0 Å². The monoisotopic (exact) mass is 261 g/mol. The highest BCUT2D eigenvalue weighted by Gasteiger charge is 2.11. The molecule has 1 aromatic heterocycles. The Kier molecular flexibility index (Phi) is 3.82. The van der Waals surface area contributed by atoms with Gasteiger partial charge < -0.3 is 5.11 Å². The largest absolute Gasteiger partial charge is 0.478 e. The van der Waals surface area contributed by atoms with E-state index in [1.165, 1.54) is 17.4 Å². The molecule has 0 atom stereocenters. The van der Waals surface area contributed by atoms with Crippen LogP contribution in [0.4, 0.5) is 0 Å². The highest BCUT2D eigenvalue weighted by Crippen LogP contribution is 2.21. The van der Waals surface area contributed by atoms with E-state index in [4.69, 9.17) is 5.11 Å². The summed E-state index contributed by atoms with van der Waals surface area (Å²) in [6.07, 6.45) is 3.56. The molecule has 0 amide bonds. The molecule has 1 rings (SSSR count). The summed E-state index contributed by atoms with van der Waals surface area (Å²) in [4.78, 5) is 15.1. The number of carboxylic acids is 1. The smallest absolute Gasteiger partial charge is 0.328 e. The van der Waals surface area contributed by atoms with Gasteiger partial charge in [-0.05, 0) is 13.0 Å². The molecule has 0 spiro atoms. The third-order valence-corrected chi connectivity index (χ3v) is 3.74. The van der Waals surface area contributed by atoms with Crippen molar-refractivity contribution in [1.29, 1.82) is 0 Å². The van der Waals surface area contributed by atoms with Crippen LogP contribution in [0.25, 0.3) is 6.08 Å². The highest BCUT2D eigenvalue weighted by atomic mass is 32.2. The molecule has 1 aromatic rings. The molecule has 0 aliphatic rings. The van der Waals surface area contributed by atoms with E-state index in [1.54, 1.807) is 6.92 Å². The summed E-state index contributed by atoms with van der Waals surface area (Å²) < 4.78 is 22.1. The standard InChI is InChI=1S/C9H11NO4S2/c1-6-7(3-4-9(11)12)15-8(10-6)5-16(2,13)14/h3-4H,5H2,1-2H3,(H,11,12)/b4-3+. The number of hydrogen-bond acceptors (Lipinski definition) is 5. The molecule has 16 heavy (non-hydrogen) atoms. The maximum atomic E-state index is 11.0. The van der Waals surface area contributed by atoms with Crippen LogP contribution in [0.5, 0.6) is 0 Å². The van der Waals surface area contributed by atoms with E-state index >= 15 is 0 Å². The van der Waals surface area contributed by atoms with Gasteiger partial charge in [-0.25, -0.2) is 18.2 Å². The Morgan fingerprint density at radius 3 is 2.69 bits per heavy atom. The zero-order valence-electron chi connectivity index (χ0n) is 8.80. The van der Waals surface area contributed by atoms with Crippen molar-refractivity contribution < 1.29 is 18.3 Å². The van der Waals surface area contributed by atoms with E-state index in [0.717, 1.165) is 12.3 Å². The fraction of sp³-hybridized carbons (Fsp3) is 0.333. The predicted octanol–water partition coefficient (Wildman–Crippen LogP) is 1.09. The number of sulfone groups is 1. The molecule has 0 bridgehead atoms. The van der Waals surface area contributed by atoms with Crippen LogP contribution in [0.15, 0.2) is 6.08 Å². The lowest BCUT2D eigenvalue weighted by molar-refractivity contribution is -0.131. The normalized spacial score (nSPS) is 12.1. The molecule has 7 heteroatoms. The Balaban J connectivity index is 2.94. The van der Waals surface area contributed by atoms with Crippen LogP contribution in [0.3, 0.4) is 0 Å². The molecule has 0 unspecified atom stereocenters. The second-order valence-corrected chi connectivity index (χ2v) is 6.55. The van der Waals surface area contributed by atoms with E-state index in [9.17, 15) is 13.2 Å². The number of carboxylic acid groups (broad SMARTS) is 1. The lowest BCUT2D eigenvalue weighted by atomic mass is 10.3. The van der Waals surface area contributed by atoms with Crippen molar-refractivity contribution in [3.05, 3.63) is 21.7 Å². The first-order chi connectivity index (χ1) is 7.28. The number of aryl methyl sites for hydroxylation is 1. The Labute approximate surface area is 97.4 Å². The Hall–Kier alpha value is -1.21. The zero-order valence-corrected chi connectivity index (χ0v) is 10.4. The fourth-order valence-electron chi connectivity index (χ4n) is 1.05. The van der Waals surface area contributed by atoms with Gasteiger partial charge in [-0.15, -0.1) is 11.3 Å². The predicted molar refractivity (Wildman–Crippen MR) is 62.1 cm³/mol. The van der Waals surface area contributed by atoms with Crippen LogP contribution in [0.2, 0.25) is 0 Å². The van der Waals surface area contributed by atoms with E-state index < -0.39 is 15.8 Å². The lowest BCUT2D eigenvalue weighted by Crippen LogP contribution is -1.99. The molecule has 0 aliphatic heterocycles. The summed E-state index contributed by atoms with van der Waals surface area (Å²) in [5.41, 5.74) is 0.640. The van der Waals surface area contributed by atoms with Gasteiger partial charge >= 0.3 is 5.97 Å². The topological polar surface area (TPSA) is 84.3 Å². The van der Waals surface area contributed by atoms with Gasteiger partial charge in [-0.1, -0.05) is 0 Å². The molecule has 0 saturated carbocycles. The molecule has 0 aliphatic carbocycles. The molecular weight excluding hydrogens is 250 g/mol. The van der Waals surface area contributed by atoms with E-state index in [1.807, 2.05) is 0 Å². The number of aliphatic carboxylic acids is 1. The van der Waals surface area contributed by atoms with Crippen molar-refractivity contribution in [2.75, 3.05) is 6.26 Å². The summed E-state index contributed by atoms with van der Waals surface area (Å²) in [6.45, 7) is 1.71. The molecule has 5 nitrogen and oxygen atoms in total. The van der Waals surface area contributed by atoms with E-state index in [-0.39, 0.29) is 5.75 Å². The maximum absolute atomic E-state index is 11.0. The van der Waals surface area contributed by atoms with Gasteiger partial charge in [0.2, 0.25) is 0 Å². The molecule has 0 fully saturated rings. The molecule has 0 aromatic carbocycles. The van der Waals surface area contributed by atoms with Crippen molar-refractivity contribution in [2.45, 2.75) is 12.7 Å². The number of thiazole rings is 1. The van der Waals surface area contributed by atoms with Crippen LogP contribution in [0, 0.1) is 6.92 Å². The van der Waals surface area contributed by atoms with Crippen LogP contribution in [0.1, 0.15) is 15.6 Å². The third kappa shape index (κ3) is 4.11. The molecular formula is C9H11NO4S2. The lowest BCUT2D eigenvalue weighted by Gasteiger charge is -1.90. The molecule has 88 valence electrons. The number of carbonyl (C=O) groups is 1. The van der Waals surface area contributed by atoms with Gasteiger partial charge in [0.1, 0.15) is 10.8 Å². The summed E-state index contributed by atoms with van der Waals surface area (Å²) in [6, 6.07) is 0. The first kappa shape index (κ1) is 12.9. The SMILES string of the molecule is Cc1nc(CS(C)(=O)=O)sc1/C=C/C(=O)O. The summed E-state index contributed by atoms with van der Waals surface area (Å²) in [5.74, 6) is -1.16. The molecule has 1 heterocycles. The van der Waals surface area contributed by atoms with Crippen molar-refractivity contribution in [1.82, 2.24) is 4.98 Å². The minimum Gasteiger partial charge on any atom is -0.478 e. The van der Waals surface area contributed by atoms with Crippen molar-refractivity contribution in [3.8, 4) is 0 Å². The van der Waals surface area contributed by atoms with Crippen LogP contribution in [-0.4, -0.2) is 30.7 Å². The van der Waals surface area contributed by atoms with E-state index in [2.05, 4.69) is 4.98 Å². The molecule has 0 saturated heterocycles. The minimum atomic E-state index is -3.10. The quantitative estimate of drug-likeness (QED) is 0.820. The average Bonchev–Trinajstić information content (AvgIpc) is 2.39. The average molecular weight is 261 g/mol. The number of nitrogens with zero attached hydrogens (tertiary/aromatic N) is 1.